The van der Waals surface area contributed by atoms with E-state index in [1.54, 1.807) is 24.9 Å². The van der Waals surface area contributed by atoms with E-state index in [0.717, 1.165) is 57.4 Å². The van der Waals surface area contributed by atoms with Crippen LogP contribution in [0.5, 0.6) is 0 Å². The fourth-order valence-electron chi connectivity index (χ4n) is 3.37. The Morgan fingerprint density at radius 3 is 2.92 bits per heavy atom. The summed E-state index contributed by atoms with van der Waals surface area (Å²) in [5.41, 5.74) is 6.57. The first-order chi connectivity index (χ1) is 12.2. The summed E-state index contributed by atoms with van der Waals surface area (Å²) in [6, 6.07) is 0. The molecule has 3 rings (SSSR count). The van der Waals surface area contributed by atoms with Crippen molar-refractivity contribution in [2.45, 2.75) is 45.1 Å². The van der Waals surface area contributed by atoms with Crippen LogP contribution in [0.1, 0.15) is 37.8 Å². The molecule has 2 N–H and O–H groups in total. The SMILES string of the molecule is Nc1cnc(CC2CCCN(C(=O)CCCn3ccnc3)CC2)cn1. The third kappa shape index (κ3) is 5.27. The molecule has 0 spiro atoms. The van der Waals surface area contributed by atoms with Crippen molar-refractivity contribution in [2.75, 3.05) is 18.8 Å². The second kappa shape index (κ2) is 8.60. The number of hydrogen-bond acceptors (Lipinski definition) is 5. The van der Waals surface area contributed by atoms with Crippen molar-refractivity contribution < 1.29 is 4.79 Å². The molecule has 1 amide bonds. The Morgan fingerprint density at radius 1 is 1.24 bits per heavy atom. The third-order valence-electron chi connectivity index (χ3n) is 4.79. The Labute approximate surface area is 148 Å². The quantitative estimate of drug-likeness (QED) is 0.866. The van der Waals surface area contributed by atoms with Crippen LogP contribution in [0.2, 0.25) is 0 Å². The van der Waals surface area contributed by atoms with Crippen molar-refractivity contribution >= 4 is 11.7 Å². The van der Waals surface area contributed by atoms with Crippen LogP contribution in [0.15, 0.2) is 31.1 Å². The van der Waals surface area contributed by atoms with E-state index in [4.69, 9.17) is 5.73 Å². The van der Waals surface area contributed by atoms with Gasteiger partial charge in [0.2, 0.25) is 5.91 Å². The molecule has 0 radical (unpaired) electrons. The molecule has 7 heteroatoms. The van der Waals surface area contributed by atoms with Gasteiger partial charge >= 0.3 is 0 Å². The summed E-state index contributed by atoms with van der Waals surface area (Å²) in [6.07, 6.45) is 14.5. The van der Waals surface area contributed by atoms with Crippen LogP contribution >= 0.6 is 0 Å². The van der Waals surface area contributed by atoms with E-state index in [1.165, 1.54) is 0 Å². The number of carbonyl (C=O) groups excluding carboxylic acids is 1. The van der Waals surface area contributed by atoms with Crippen molar-refractivity contribution in [1.29, 1.82) is 0 Å². The molecule has 25 heavy (non-hydrogen) atoms. The normalized spacial score (nSPS) is 18.1. The zero-order valence-electron chi connectivity index (χ0n) is 14.5. The Kier molecular flexibility index (Phi) is 5.98. The lowest BCUT2D eigenvalue weighted by molar-refractivity contribution is -0.131. The number of nitrogen functional groups attached to an aromatic ring is 1. The van der Waals surface area contributed by atoms with Gasteiger partial charge in [0.1, 0.15) is 5.82 Å². The largest absolute Gasteiger partial charge is 0.382 e. The summed E-state index contributed by atoms with van der Waals surface area (Å²) in [4.78, 5) is 27.0. The van der Waals surface area contributed by atoms with E-state index in [0.29, 0.717) is 18.2 Å². The molecule has 2 aromatic rings. The smallest absolute Gasteiger partial charge is 0.222 e. The first-order valence-electron chi connectivity index (χ1n) is 9.00. The number of carbonyl (C=O) groups is 1. The van der Waals surface area contributed by atoms with E-state index in [1.807, 2.05) is 15.7 Å². The maximum Gasteiger partial charge on any atom is 0.222 e. The van der Waals surface area contributed by atoms with Gasteiger partial charge < -0.3 is 15.2 Å². The number of hydrogen-bond donors (Lipinski definition) is 1. The molecule has 1 unspecified atom stereocenters. The number of rotatable bonds is 6. The molecule has 0 aliphatic carbocycles. The van der Waals surface area contributed by atoms with Crippen LogP contribution in [-0.4, -0.2) is 43.4 Å². The lowest BCUT2D eigenvalue weighted by Crippen LogP contribution is -2.32. The summed E-state index contributed by atoms with van der Waals surface area (Å²) in [7, 11) is 0. The molecule has 0 saturated carbocycles. The van der Waals surface area contributed by atoms with Crippen LogP contribution in [0.3, 0.4) is 0 Å². The molecular weight excluding hydrogens is 316 g/mol. The first-order valence-corrected chi connectivity index (χ1v) is 9.00. The molecule has 3 heterocycles. The average molecular weight is 342 g/mol. The summed E-state index contributed by atoms with van der Waals surface area (Å²) in [6.45, 7) is 2.56. The van der Waals surface area contributed by atoms with Gasteiger partial charge in [-0.05, 0) is 38.0 Å². The van der Waals surface area contributed by atoms with Gasteiger partial charge in [-0.1, -0.05) is 0 Å². The number of amides is 1. The van der Waals surface area contributed by atoms with Crippen molar-refractivity contribution in [2.24, 2.45) is 5.92 Å². The molecule has 7 nitrogen and oxygen atoms in total. The number of aryl methyl sites for hydroxylation is 1. The minimum Gasteiger partial charge on any atom is -0.382 e. The molecule has 0 aromatic carbocycles. The monoisotopic (exact) mass is 342 g/mol. The highest BCUT2D eigenvalue weighted by atomic mass is 16.2. The van der Waals surface area contributed by atoms with Crippen LogP contribution in [-0.2, 0) is 17.8 Å². The Morgan fingerprint density at radius 2 is 2.16 bits per heavy atom. The highest BCUT2D eigenvalue weighted by molar-refractivity contribution is 5.76. The first kappa shape index (κ1) is 17.4. The molecule has 1 fully saturated rings. The Hall–Kier alpha value is -2.44. The summed E-state index contributed by atoms with van der Waals surface area (Å²) in [5.74, 6) is 1.28. The number of likely N-dealkylation sites (tertiary alicyclic amines) is 1. The number of nitrogens with zero attached hydrogens (tertiary/aromatic N) is 5. The predicted molar refractivity (Wildman–Crippen MR) is 95.5 cm³/mol. The molecule has 0 bridgehead atoms. The number of imidazole rings is 1. The highest BCUT2D eigenvalue weighted by Gasteiger charge is 2.21. The van der Waals surface area contributed by atoms with E-state index in [9.17, 15) is 4.79 Å². The van der Waals surface area contributed by atoms with Gasteiger partial charge in [0.25, 0.3) is 0 Å². The zero-order valence-corrected chi connectivity index (χ0v) is 14.5. The number of nitrogens with two attached hydrogens (primary N) is 1. The molecule has 1 atom stereocenters. The molecule has 1 aliphatic heterocycles. The number of aromatic nitrogens is 4. The van der Waals surface area contributed by atoms with E-state index < -0.39 is 0 Å². The van der Waals surface area contributed by atoms with Crippen LogP contribution in [0, 0.1) is 5.92 Å². The fraction of sp³-hybridized carbons (Fsp3) is 0.556. The number of anilines is 1. The standard InChI is InChI=1S/C18H26N6O/c19-17-13-21-16(12-22-17)11-15-3-1-8-24(9-5-15)18(25)4-2-7-23-10-6-20-14-23/h6,10,12-15H,1-5,7-9,11H2,(H2,19,22). The van der Waals surface area contributed by atoms with Gasteiger partial charge in [-0.3, -0.25) is 9.78 Å². The van der Waals surface area contributed by atoms with Crippen molar-refractivity contribution in [3.63, 3.8) is 0 Å². The highest BCUT2D eigenvalue weighted by Crippen LogP contribution is 2.21. The van der Waals surface area contributed by atoms with Gasteiger partial charge in [-0.25, -0.2) is 9.97 Å². The molecule has 1 aliphatic rings. The van der Waals surface area contributed by atoms with Crippen LogP contribution < -0.4 is 5.73 Å². The molecular formula is C18H26N6O. The van der Waals surface area contributed by atoms with Gasteiger partial charge in [0.15, 0.2) is 0 Å². The van der Waals surface area contributed by atoms with Gasteiger partial charge in [-0.2, -0.15) is 0 Å². The van der Waals surface area contributed by atoms with Crippen LogP contribution in [0.25, 0.3) is 0 Å². The van der Waals surface area contributed by atoms with Crippen molar-refractivity contribution in [3.05, 3.63) is 36.8 Å². The van der Waals surface area contributed by atoms with Gasteiger partial charge in [-0.15, -0.1) is 0 Å². The summed E-state index contributed by atoms with van der Waals surface area (Å²) < 4.78 is 2.01. The summed E-state index contributed by atoms with van der Waals surface area (Å²) >= 11 is 0. The topological polar surface area (TPSA) is 89.9 Å². The second-order valence-electron chi connectivity index (χ2n) is 6.72. The lowest BCUT2D eigenvalue weighted by Gasteiger charge is -2.20. The van der Waals surface area contributed by atoms with Crippen molar-refractivity contribution in [1.82, 2.24) is 24.4 Å². The predicted octanol–water partition coefficient (Wildman–Crippen LogP) is 1.91. The lowest BCUT2D eigenvalue weighted by atomic mass is 9.95. The fourth-order valence-corrected chi connectivity index (χ4v) is 3.37. The van der Waals surface area contributed by atoms with E-state index >= 15 is 0 Å². The Bertz CT molecular complexity index is 655. The average Bonchev–Trinajstić information content (AvgIpc) is 3.02. The maximum atomic E-state index is 12.4. The minimum atomic E-state index is 0.271. The summed E-state index contributed by atoms with van der Waals surface area (Å²) in [5, 5.41) is 0. The molecule has 2 aromatic heterocycles. The maximum absolute atomic E-state index is 12.4. The Balaban J connectivity index is 1.42. The van der Waals surface area contributed by atoms with Crippen LogP contribution in [0.4, 0.5) is 5.82 Å². The van der Waals surface area contributed by atoms with E-state index in [2.05, 4.69) is 15.0 Å². The molecule has 134 valence electrons. The third-order valence-corrected chi connectivity index (χ3v) is 4.79. The van der Waals surface area contributed by atoms with E-state index in [-0.39, 0.29) is 5.91 Å². The van der Waals surface area contributed by atoms with Crippen molar-refractivity contribution in [3.8, 4) is 0 Å². The van der Waals surface area contributed by atoms with Gasteiger partial charge in [0.05, 0.1) is 24.4 Å². The second-order valence-corrected chi connectivity index (χ2v) is 6.72. The molecule has 1 saturated heterocycles. The van der Waals surface area contributed by atoms with Gasteiger partial charge in [0, 0.05) is 38.4 Å². The zero-order chi connectivity index (χ0) is 17.5. The minimum absolute atomic E-state index is 0.271.